The molecule has 0 aliphatic carbocycles. The first kappa shape index (κ1) is 17.6. The lowest BCUT2D eigenvalue weighted by Crippen LogP contribution is -2.07. The Balaban J connectivity index is 1.85. The summed E-state index contributed by atoms with van der Waals surface area (Å²) in [5.41, 5.74) is 1.12. The van der Waals surface area contributed by atoms with Crippen molar-refractivity contribution in [1.29, 1.82) is 0 Å². The third kappa shape index (κ3) is 6.11. The molecule has 0 bridgehead atoms. The zero-order valence-corrected chi connectivity index (χ0v) is 14.4. The van der Waals surface area contributed by atoms with E-state index in [1.54, 1.807) is 7.11 Å². The van der Waals surface area contributed by atoms with Crippen LogP contribution in [0.5, 0.6) is 5.75 Å². The quantitative estimate of drug-likeness (QED) is 0.575. The van der Waals surface area contributed by atoms with E-state index >= 15 is 0 Å². The summed E-state index contributed by atoms with van der Waals surface area (Å²) in [5, 5.41) is 5.79. The Bertz CT molecular complexity index is 583. The molecule has 0 saturated heterocycles. The number of hydrogen-bond acceptors (Lipinski definition) is 3. The Morgan fingerprint density at radius 1 is 0.870 bits per heavy atom. The molecule has 0 fully saturated rings. The van der Waals surface area contributed by atoms with Gasteiger partial charge in [-0.2, -0.15) is 0 Å². The maximum Gasteiger partial charge on any atom is 0.119 e. The van der Waals surface area contributed by atoms with E-state index in [2.05, 4.69) is 48.6 Å². The summed E-state index contributed by atoms with van der Waals surface area (Å²) in [6, 6.07) is 12.7. The van der Waals surface area contributed by atoms with E-state index in [1.165, 1.54) is 36.5 Å². The predicted molar refractivity (Wildman–Crippen MR) is 98.6 cm³/mol. The van der Waals surface area contributed by atoms with Crippen molar-refractivity contribution in [2.45, 2.75) is 39.0 Å². The molecule has 0 aromatic heterocycles. The summed E-state index contributed by atoms with van der Waals surface area (Å²) < 4.78 is 10.9. The van der Waals surface area contributed by atoms with Crippen LogP contribution in [0.2, 0.25) is 0 Å². The lowest BCUT2D eigenvalue weighted by atomic mass is 10.1. The van der Waals surface area contributed by atoms with Gasteiger partial charge < -0.3 is 14.8 Å². The highest BCUT2D eigenvalue weighted by molar-refractivity contribution is 5.86. The molecule has 3 heteroatoms. The molecule has 0 aliphatic heterocycles. The van der Waals surface area contributed by atoms with Crippen LogP contribution in [-0.2, 0) is 4.74 Å². The summed E-state index contributed by atoms with van der Waals surface area (Å²) in [6.07, 6.45) is 6.33. The van der Waals surface area contributed by atoms with Gasteiger partial charge in [-0.15, -0.1) is 0 Å². The molecule has 0 unspecified atom stereocenters. The van der Waals surface area contributed by atoms with E-state index in [1.807, 2.05) is 0 Å². The highest BCUT2D eigenvalue weighted by Gasteiger charge is 2.00. The summed E-state index contributed by atoms with van der Waals surface area (Å²) in [5.74, 6) is 0.966. The number of fused-ring (bicyclic) bond motifs is 1. The van der Waals surface area contributed by atoms with Gasteiger partial charge in [0.1, 0.15) is 5.75 Å². The van der Waals surface area contributed by atoms with Crippen LogP contribution in [0.1, 0.15) is 39.0 Å². The first-order valence-electron chi connectivity index (χ1n) is 8.73. The van der Waals surface area contributed by atoms with Crippen LogP contribution in [0, 0.1) is 0 Å². The maximum absolute atomic E-state index is 5.87. The summed E-state index contributed by atoms with van der Waals surface area (Å²) in [4.78, 5) is 0. The molecule has 2 aromatic rings. The van der Waals surface area contributed by atoms with E-state index in [0.29, 0.717) is 6.61 Å². The molecule has 126 valence electrons. The predicted octanol–water partition coefficient (Wildman–Crippen LogP) is 5.25. The number of unbranched alkanes of at least 4 members (excludes halogenated alkanes) is 4. The van der Waals surface area contributed by atoms with E-state index in [9.17, 15) is 0 Å². The minimum absolute atomic E-state index is 0.711. The van der Waals surface area contributed by atoms with Crippen molar-refractivity contribution in [3.8, 4) is 5.75 Å². The van der Waals surface area contributed by atoms with E-state index in [-0.39, 0.29) is 0 Å². The molecular formula is C20H29NO2. The van der Waals surface area contributed by atoms with Gasteiger partial charge in [0.05, 0.1) is 13.2 Å². The highest BCUT2D eigenvalue weighted by atomic mass is 16.5. The number of nitrogens with one attached hydrogen (secondary N) is 1. The number of rotatable bonds is 11. The molecule has 0 amide bonds. The average molecular weight is 315 g/mol. The fraction of sp³-hybridized carbons (Fsp3) is 0.500. The summed E-state index contributed by atoms with van der Waals surface area (Å²) in [7, 11) is 1.72. The largest absolute Gasteiger partial charge is 0.494 e. The summed E-state index contributed by atoms with van der Waals surface area (Å²) in [6.45, 7) is 4.58. The van der Waals surface area contributed by atoms with Gasteiger partial charge in [-0.3, -0.25) is 0 Å². The monoisotopic (exact) mass is 315 g/mol. The van der Waals surface area contributed by atoms with Crippen LogP contribution < -0.4 is 10.1 Å². The van der Waals surface area contributed by atoms with E-state index in [4.69, 9.17) is 9.47 Å². The third-order valence-electron chi connectivity index (χ3n) is 3.96. The van der Waals surface area contributed by atoms with Gasteiger partial charge in [0, 0.05) is 19.3 Å². The lowest BCUT2D eigenvalue weighted by molar-refractivity contribution is 0.211. The van der Waals surface area contributed by atoms with Crippen molar-refractivity contribution < 1.29 is 9.47 Å². The molecule has 0 saturated carbocycles. The fourth-order valence-corrected chi connectivity index (χ4v) is 2.62. The van der Waals surface area contributed by atoms with Crippen LogP contribution >= 0.6 is 0 Å². The second-order valence-corrected chi connectivity index (χ2v) is 5.91. The van der Waals surface area contributed by atoms with Gasteiger partial charge in [-0.05, 0) is 41.5 Å². The van der Waals surface area contributed by atoms with E-state index in [0.717, 1.165) is 31.0 Å². The third-order valence-corrected chi connectivity index (χ3v) is 3.96. The van der Waals surface area contributed by atoms with Crippen molar-refractivity contribution in [2.75, 3.05) is 32.2 Å². The van der Waals surface area contributed by atoms with Crippen LogP contribution in [0.25, 0.3) is 10.8 Å². The highest BCUT2D eigenvalue weighted by Crippen LogP contribution is 2.24. The molecule has 2 aromatic carbocycles. The molecule has 0 spiro atoms. The molecular weight excluding hydrogens is 286 g/mol. The fourth-order valence-electron chi connectivity index (χ4n) is 2.62. The minimum Gasteiger partial charge on any atom is -0.494 e. The number of anilines is 1. The van der Waals surface area contributed by atoms with Gasteiger partial charge in [-0.25, -0.2) is 0 Å². The molecule has 3 nitrogen and oxygen atoms in total. The number of hydrogen-bond donors (Lipinski definition) is 1. The number of benzene rings is 2. The molecule has 23 heavy (non-hydrogen) atoms. The van der Waals surface area contributed by atoms with Crippen molar-refractivity contribution in [3.63, 3.8) is 0 Å². The average Bonchev–Trinajstić information content (AvgIpc) is 2.58. The Hall–Kier alpha value is -1.74. The lowest BCUT2D eigenvalue weighted by Gasteiger charge is -2.09. The Labute approximate surface area is 140 Å². The smallest absolute Gasteiger partial charge is 0.119 e. The van der Waals surface area contributed by atoms with Crippen LogP contribution in [0.3, 0.4) is 0 Å². The minimum atomic E-state index is 0.711. The van der Waals surface area contributed by atoms with Gasteiger partial charge in [0.2, 0.25) is 0 Å². The second kappa shape index (κ2) is 10.1. The molecule has 0 atom stereocenters. The molecule has 0 aliphatic rings. The van der Waals surface area contributed by atoms with Crippen LogP contribution in [-0.4, -0.2) is 26.9 Å². The van der Waals surface area contributed by atoms with Crippen LogP contribution in [0.4, 0.5) is 5.69 Å². The Morgan fingerprint density at radius 3 is 2.48 bits per heavy atom. The summed E-state index contributed by atoms with van der Waals surface area (Å²) >= 11 is 0. The SMILES string of the molecule is CCCCCCCOc1ccc2cc(NCCOC)ccc2c1. The molecule has 0 radical (unpaired) electrons. The zero-order valence-electron chi connectivity index (χ0n) is 14.4. The Kier molecular flexibility index (Phi) is 7.74. The second-order valence-electron chi connectivity index (χ2n) is 5.91. The number of ether oxygens (including phenoxy) is 2. The molecule has 0 heterocycles. The molecule has 2 rings (SSSR count). The Morgan fingerprint density at radius 2 is 1.65 bits per heavy atom. The topological polar surface area (TPSA) is 30.5 Å². The molecule has 1 N–H and O–H groups in total. The maximum atomic E-state index is 5.87. The van der Waals surface area contributed by atoms with Crippen molar-refractivity contribution in [2.24, 2.45) is 0 Å². The van der Waals surface area contributed by atoms with Gasteiger partial charge >= 0.3 is 0 Å². The normalized spacial score (nSPS) is 10.9. The van der Waals surface area contributed by atoms with Crippen LogP contribution in [0.15, 0.2) is 36.4 Å². The first-order valence-corrected chi connectivity index (χ1v) is 8.73. The van der Waals surface area contributed by atoms with Gasteiger partial charge in [0.15, 0.2) is 0 Å². The van der Waals surface area contributed by atoms with Gasteiger partial charge in [-0.1, -0.05) is 44.7 Å². The first-order chi connectivity index (χ1) is 11.3. The standard InChI is InChI=1S/C20H29NO2/c1-3-4-5-6-7-13-23-20-11-9-17-15-19(21-12-14-22-2)10-8-18(17)16-20/h8-11,15-16,21H,3-7,12-14H2,1-2H3. The zero-order chi connectivity index (χ0) is 16.3. The van der Waals surface area contributed by atoms with E-state index < -0.39 is 0 Å². The van der Waals surface area contributed by atoms with Crippen molar-refractivity contribution in [1.82, 2.24) is 0 Å². The van der Waals surface area contributed by atoms with Gasteiger partial charge in [0.25, 0.3) is 0 Å². The van der Waals surface area contributed by atoms with Crippen molar-refractivity contribution >= 4 is 16.5 Å². The van der Waals surface area contributed by atoms with Crippen molar-refractivity contribution in [3.05, 3.63) is 36.4 Å². The number of methoxy groups -OCH3 is 1.